The molecule has 1 unspecified atom stereocenters. The van der Waals surface area contributed by atoms with Crippen LogP contribution in [0.1, 0.15) is 17.5 Å². The van der Waals surface area contributed by atoms with Crippen molar-refractivity contribution in [3.8, 4) is 0 Å². The van der Waals surface area contributed by atoms with E-state index in [1.165, 1.54) is 5.56 Å². The highest BCUT2D eigenvalue weighted by Crippen LogP contribution is 2.45. The van der Waals surface area contributed by atoms with E-state index in [0.717, 1.165) is 39.7 Å². The molecule has 2 aromatic rings. The molecule has 0 saturated carbocycles. The highest BCUT2D eigenvalue weighted by molar-refractivity contribution is 7.85. The number of benzene rings is 2. The predicted octanol–water partition coefficient (Wildman–Crippen LogP) is 3.92. The molecule has 2 aromatic carbocycles. The summed E-state index contributed by atoms with van der Waals surface area (Å²) >= 11 is 6.17. The highest BCUT2D eigenvalue weighted by atomic mass is 35.5. The third kappa shape index (κ3) is 2.45. The maximum Gasteiger partial charge on any atom is 0.0892 e. The molecule has 22 heavy (non-hydrogen) atoms. The zero-order valence-corrected chi connectivity index (χ0v) is 14.3. The lowest BCUT2D eigenvalue weighted by molar-refractivity contribution is 0.680. The van der Waals surface area contributed by atoms with Crippen molar-refractivity contribution in [2.45, 2.75) is 30.1 Å². The molecule has 0 bridgehead atoms. The summed E-state index contributed by atoms with van der Waals surface area (Å²) in [6, 6.07) is 9.57. The summed E-state index contributed by atoms with van der Waals surface area (Å²) in [5.41, 5.74) is 10.0. The summed E-state index contributed by atoms with van der Waals surface area (Å²) < 4.78 is 12.9. The van der Waals surface area contributed by atoms with Gasteiger partial charge in [-0.1, -0.05) is 17.7 Å². The quantitative estimate of drug-likeness (QED) is 0.925. The molecule has 1 aliphatic rings. The van der Waals surface area contributed by atoms with Crippen LogP contribution in [0.25, 0.3) is 0 Å². The fourth-order valence-electron chi connectivity index (χ4n) is 2.84. The molecule has 0 spiro atoms. The van der Waals surface area contributed by atoms with Gasteiger partial charge in [0.2, 0.25) is 0 Å². The molecule has 116 valence electrons. The number of hydrogen-bond donors (Lipinski definition) is 1. The molecule has 1 atom stereocenters. The number of aryl methyl sites for hydroxylation is 1. The number of hydrogen-bond acceptors (Lipinski definition) is 3. The number of halogens is 1. The van der Waals surface area contributed by atoms with Crippen LogP contribution >= 0.6 is 11.6 Å². The molecule has 5 heteroatoms. The van der Waals surface area contributed by atoms with Crippen molar-refractivity contribution in [1.29, 1.82) is 0 Å². The van der Waals surface area contributed by atoms with Gasteiger partial charge in [0, 0.05) is 11.6 Å². The van der Waals surface area contributed by atoms with Gasteiger partial charge in [0.15, 0.2) is 0 Å². The van der Waals surface area contributed by atoms with E-state index in [1.807, 2.05) is 24.3 Å². The number of nitrogens with two attached hydrogens (primary N) is 1. The molecule has 0 amide bonds. The van der Waals surface area contributed by atoms with Crippen LogP contribution in [0.3, 0.4) is 0 Å². The van der Waals surface area contributed by atoms with Gasteiger partial charge in [0.1, 0.15) is 0 Å². The van der Waals surface area contributed by atoms with Crippen molar-refractivity contribution >= 4 is 33.8 Å². The topological polar surface area (TPSA) is 46.3 Å². The average Bonchev–Trinajstić information content (AvgIpc) is 2.50. The molecule has 0 saturated heterocycles. The Morgan fingerprint density at radius 3 is 2.64 bits per heavy atom. The van der Waals surface area contributed by atoms with Crippen LogP contribution in [0.4, 0.5) is 11.4 Å². The first-order valence-corrected chi connectivity index (χ1v) is 8.86. The molecule has 1 heterocycles. The van der Waals surface area contributed by atoms with Crippen molar-refractivity contribution in [2.75, 3.05) is 18.0 Å². The second-order valence-corrected chi connectivity index (χ2v) is 7.38. The summed E-state index contributed by atoms with van der Waals surface area (Å²) in [4.78, 5) is 3.90. The van der Waals surface area contributed by atoms with Crippen molar-refractivity contribution in [1.82, 2.24) is 0 Å². The van der Waals surface area contributed by atoms with E-state index in [0.29, 0.717) is 11.6 Å². The Bertz CT molecular complexity index is 761. The molecular weight excluding hydrogens is 316 g/mol. The summed E-state index contributed by atoms with van der Waals surface area (Å²) in [5, 5.41) is 0.655. The lowest BCUT2D eigenvalue weighted by atomic mass is 10.1. The third-order valence-corrected chi connectivity index (χ3v) is 5.84. The van der Waals surface area contributed by atoms with Gasteiger partial charge in [0.25, 0.3) is 0 Å². The number of anilines is 2. The SMILES string of the molecule is Cc1ccc2c(c1C)N(CCCN)c1cc(Cl)ccc1S2=O. The van der Waals surface area contributed by atoms with E-state index in [-0.39, 0.29) is 0 Å². The Labute approximate surface area is 138 Å². The number of nitrogens with zero attached hydrogens (tertiary/aromatic N) is 1. The molecule has 2 N–H and O–H groups in total. The van der Waals surface area contributed by atoms with E-state index < -0.39 is 10.8 Å². The molecule has 1 aliphatic heterocycles. The lowest BCUT2D eigenvalue weighted by Gasteiger charge is -2.34. The molecule has 0 radical (unpaired) electrons. The molecular formula is C17H19ClN2OS. The van der Waals surface area contributed by atoms with Gasteiger partial charge in [0.05, 0.1) is 32.0 Å². The van der Waals surface area contributed by atoms with Gasteiger partial charge in [-0.3, -0.25) is 0 Å². The Kier molecular flexibility index (Phi) is 4.26. The summed E-state index contributed by atoms with van der Waals surface area (Å²) in [6.45, 7) is 5.57. The summed E-state index contributed by atoms with van der Waals surface area (Å²) in [5.74, 6) is 0. The Morgan fingerprint density at radius 1 is 1.18 bits per heavy atom. The fraction of sp³-hybridized carbons (Fsp3) is 0.294. The maximum atomic E-state index is 12.9. The zero-order chi connectivity index (χ0) is 15.9. The summed E-state index contributed by atoms with van der Waals surface area (Å²) in [6.07, 6.45) is 0.866. The number of fused-ring (bicyclic) bond motifs is 2. The second-order valence-electron chi connectivity index (χ2n) is 5.53. The summed E-state index contributed by atoms with van der Waals surface area (Å²) in [7, 11) is -1.17. The predicted molar refractivity (Wildman–Crippen MR) is 92.7 cm³/mol. The van der Waals surface area contributed by atoms with Crippen LogP contribution in [0, 0.1) is 13.8 Å². The van der Waals surface area contributed by atoms with Gasteiger partial charge in [-0.2, -0.15) is 0 Å². The normalized spacial score (nSPS) is 16.4. The van der Waals surface area contributed by atoms with Crippen LogP contribution in [0.2, 0.25) is 5.02 Å². The maximum absolute atomic E-state index is 12.9. The minimum atomic E-state index is -1.17. The van der Waals surface area contributed by atoms with E-state index in [4.69, 9.17) is 17.3 Å². The van der Waals surface area contributed by atoms with Gasteiger partial charge < -0.3 is 10.6 Å². The van der Waals surface area contributed by atoms with Crippen LogP contribution in [-0.2, 0) is 10.8 Å². The first-order chi connectivity index (χ1) is 10.5. The number of rotatable bonds is 3. The molecule has 0 aliphatic carbocycles. The minimum Gasteiger partial charge on any atom is -0.339 e. The second kappa shape index (κ2) is 6.03. The monoisotopic (exact) mass is 334 g/mol. The Balaban J connectivity index is 2.25. The first-order valence-electron chi connectivity index (χ1n) is 7.33. The zero-order valence-electron chi connectivity index (χ0n) is 12.7. The van der Waals surface area contributed by atoms with Crippen LogP contribution in [-0.4, -0.2) is 17.3 Å². The van der Waals surface area contributed by atoms with Crippen LogP contribution in [0.5, 0.6) is 0 Å². The van der Waals surface area contributed by atoms with Crippen molar-refractivity contribution in [2.24, 2.45) is 5.73 Å². The highest BCUT2D eigenvalue weighted by Gasteiger charge is 2.29. The van der Waals surface area contributed by atoms with E-state index >= 15 is 0 Å². The minimum absolute atomic E-state index is 0.621. The third-order valence-electron chi connectivity index (χ3n) is 4.13. The van der Waals surface area contributed by atoms with Crippen LogP contribution in [0.15, 0.2) is 40.1 Å². The van der Waals surface area contributed by atoms with E-state index in [2.05, 4.69) is 18.7 Å². The molecule has 0 aromatic heterocycles. The van der Waals surface area contributed by atoms with Gasteiger partial charge in [-0.15, -0.1) is 0 Å². The molecule has 3 rings (SSSR count). The van der Waals surface area contributed by atoms with E-state index in [1.54, 1.807) is 6.07 Å². The van der Waals surface area contributed by atoms with Gasteiger partial charge in [-0.05, 0) is 62.2 Å². The fourth-order valence-corrected chi connectivity index (χ4v) is 4.42. The molecule has 0 fully saturated rings. The lowest BCUT2D eigenvalue weighted by Crippen LogP contribution is -2.27. The Morgan fingerprint density at radius 2 is 1.91 bits per heavy atom. The smallest absolute Gasteiger partial charge is 0.0892 e. The first kappa shape index (κ1) is 15.5. The van der Waals surface area contributed by atoms with Crippen LogP contribution < -0.4 is 10.6 Å². The molecule has 3 nitrogen and oxygen atoms in total. The van der Waals surface area contributed by atoms with Crippen molar-refractivity contribution in [3.05, 3.63) is 46.5 Å². The van der Waals surface area contributed by atoms with Gasteiger partial charge >= 0.3 is 0 Å². The Hall–Kier alpha value is -1.36. The van der Waals surface area contributed by atoms with E-state index in [9.17, 15) is 4.21 Å². The van der Waals surface area contributed by atoms with Crippen molar-refractivity contribution in [3.63, 3.8) is 0 Å². The van der Waals surface area contributed by atoms with Crippen molar-refractivity contribution < 1.29 is 4.21 Å². The van der Waals surface area contributed by atoms with Gasteiger partial charge in [-0.25, -0.2) is 4.21 Å². The average molecular weight is 335 g/mol. The largest absolute Gasteiger partial charge is 0.339 e. The standard InChI is InChI=1S/C17H19ClN2OS/c1-11-4-6-16-17(12(11)2)20(9-3-8-19)14-10-13(18)5-7-15(14)22(16)21/h4-7,10H,3,8-9,19H2,1-2H3.